The Balaban J connectivity index is 1.89. The fourth-order valence-corrected chi connectivity index (χ4v) is 4.65. The number of fused-ring (bicyclic) bond motifs is 1. The molecule has 3 nitrogen and oxygen atoms in total. The van der Waals surface area contributed by atoms with Crippen LogP contribution in [-0.4, -0.2) is 22.6 Å². The highest BCUT2D eigenvalue weighted by Crippen LogP contribution is 2.37. The second kappa shape index (κ2) is 8.70. The predicted molar refractivity (Wildman–Crippen MR) is 117 cm³/mol. The number of piperidine rings is 1. The van der Waals surface area contributed by atoms with Gasteiger partial charge in [-0.1, -0.05) is 30.7 Å². The van der Waals surface area contributed by atoms with Crippen LogP contribution in [0.2, 0.25) is 0 Å². The molecule has 0 radical (unpaired) electrons. The molecule has 0 N–H and O–H groups in total. The number of hydrogen-bond acceptors (Lipinski definition) is 2. The van der Waals surface area contributed by atoms with E-state index in [1.807, 2.05) is 0 Å². The average Bonchev–Trinajstić information content (AvgIpc) is 2.74. The molecule has 1 aliphatic heterocycles. The topological polar surface area (TPSA) is 25.2 Å². The molecule has 0 atom stereocenters. The summed E-state index contributed by atoms with van der Waals surface area (Å²) in [5.41, 5.74) is -0.734. The summed E-state index contributed by atoms with van der Waals surface area (Å²) in [6.45, 7) is 3.97. The van der Waals surface area contributed by atoms with Gasteiger partial charge in [-0.15, -0.1) is 0 Å². The molecular weight excluding hydrogens is 420 g/mol. The van der Waals surface area contributed by atoms with Gasteiger partial charge in [-0.05, 0) is 61.7 Å². The van der Waals surface area contributed by atoms with Crippen molar-refractivity contribution in [2.24, 2.45) is 7.05 Å². The summed E-state index contributed by atoms with van der Waals surface area (Å²) in [6.07, 6.45) is -1.82. The molecule has 7 heteroatoms. The lowest BCUT2D eigenvalue weighted by molar-refractivity contribution is -0.137. The fourth-order valence-electron chi connectivity index (χ4n) is 4.65. The third kappa shape index (κ3) is 4.31. The van der Waals surface area contributed by atoms with Crippen molar-refractivity contribution in [2.45, 2.75) is 45.3 Å². The highest BCUT2D eigenvalue weighted by molar-refractivity contribution is 5.85. The first-order valence-electron chi connectivity index (χ1n) is 10.8. The minimum Gasteiger partial charge on any atom is -0.311 e. The van der Waals surface area contributed by atoms with Crippen molar-refractivity contribution in [1.82, 2.24) is 9.47 Å². The molecular formula is C25H26F4N2O. The van der Waals surface area contributed by atoms with Gasteiger partial charge in [0.1, 0.15) is 5.82 Å². The zero-order valence-electron chi connectivity index (χ0n) is 18.2. The molecule has 1 aliphatic rings. The second-order valence-corrected chi connectivity index (χ2v) is 8.63. The van der Waals surface area contributed by atoms with Gasteiger partial charge in [0, 0.05) is 31.0 Å². The maximum absolute atomic E-state index is 14.6. The molecule has 3 aromatic rings. The Hall–Kier alpha value is -2.67. The van der Waals surface area contributed by atoms with Crippen LogP contribution in [0.5, 0.6) is 0 Å². The Bertz CT molecular complexity index is 1210. The van der Waals surface area contributed by atoms with Crippen molar-refractivity contribution in [3.8, 4) is 0 Å². The van der Waals surface area contributed by atoms with Crippen molar-refractivity contribution >= 4 is 10.9 Å². The van der Waals surface area contributed by atoms with Gasteiger partial charge in [0.05, 0.1) is 11.1 Å². The number of aryl methyl sites for hydroxylation is 2. The standard InChI is InChI=1S/C25H26F4N2O/c1-16-7-6-8-18(23(16)26)14-20-22(25(27,28)29)19-13-17(15-31-11-4-3-5-12-31)9-10-21(19)30(2)24(20)32/h6-10,13H,3-5,11-12,14-15H2,1-2H3. The van der Waals surface area contributed by atoms with Crippen molar-refractivity contribution < 1.29 is 17.6 Å². The van der Waals surface area contributed by atoms with E-state index in [-0.39, 0.29) is 16.5 Å². The minimum absolute atomic E-state index is 0.0165. The summed E-state index contributed by atoms with van der Waals surface area (Å²) in [4.78, 5) is 15.2. The number of likely N-dealkylation sites (tertiary alicyclic amines) is 1. The van der Waals surface area contributed by atoms with Crippen LogP contribution in [-0.2, 0) is 26.2 Å². The lowest BCUT2D eigenvalue weighted by Gasteiger charge is -2.26. The summed E-state index contributed by atoms with van der Waals surface area (Å²) in [7, 11) is 1.46. The van der Waals surface area contributed by atoms with E-state index in [9.17, 15) is 22.4 Å². The van der Waals surface area contributed by atoms with E-state index in [0.29, 0.717) is 12.1 Å². The molecule has 1 aromatic heterocycles. The van der Waals surface area contributed by atoms with Crippen LogP contribution in [0.25, 0.3) is 10.9 Å². The van der Waals surface area contributed by atoms with Gasteiger partial charge in [0.25, 0.3) is 5.56 Å². The van der Waals surface area contributed by atoms with Gasteiger partial charge in [-0.25, -0.2) is 4.39 Å². The Morgan fingerprint density at radius 3 is 2.44 bits per heavy atom. The summed E-state index contributed by atoms with van der Waals surface area (Å²) >= 11 is 0. The number of rotatable bonds is 4. The number of hydrogen-bond donors (Lipinski definition) is 0. The lowest BCUT2D eigenvalue weighted by Crippen LogP contribution is -2.29. The third-order valence-electron chi connectivity index (χ3n) is 6.33. The molecule has 0 aliphatic carbocycles. The van der Waals surface area contributed by atoms with Crippen LogP contribution in [0.4, 0.5) is 17.6 Å². The zero-order valence-corrected chi connectivity index (χ0v) is 18.2. The molecule has 2 heterocycles. The molecule has 0 spiro atoms. The molecule has 0 bridgehead atoms. The Labute approximate surface area is 184 Å². The molecule has 32 heavy (non-hydrogen) atoms. The lowest BCUT2D eigenvalue weighted by atomic mass is 9.95. The van der Waals surface area contributed by atoms with E-state index in [0.717, 1.165) is 31.5 Å². The van der Waals surface area contributed by atoms with Crippen molar-refractivity contribution in [3.63, 3.8) is 0 Å². The predicted octanol–water partition coefficient (Wildman–Crippen LogP) is 5.58. The van der Waals surface area contributed by atoms with E-state index in [1.165, 1.54) is 24.1 Å². The molecule has 0 saturated carbocycles. The molecule has 170 valence electrons. The van der Waals surface area contributed by atoms with Gasteiger partial charge < -0.3 is 4.57 Å². The highest BCUT2D eigenvalue weighted by Gasteiger charge is 2.38. The Morgan fingerprint density at radius 2 is 1.75 bits per heavy atom. The monoisotopic (exact) mass is 446 g/mol. The van der Waals surface area contributed by atoms with E-state index in [1.54, 1.807) is 37.3 Å². The van der Waals surface area contributed by atoms with Crippen molar-refractivity contribution in [3.05, 3.63) is 80.4 Å². The number of nitrogens with zero attached hydrogens (tertiary/aromatic N) is 2. The van der Waals surface area contributed by atoms with Crippen LogP contribution in [0.3, 0.4) is 0 Å². The van der Waals surface area contributed by atoms with Gasteiger partial charge in [0.15, 0.2) is 0 Å². The van der Waals surface area contributed by atoms with Crippen LogP contribution in [0.15, 0.2) is 41.2 Å². The fraction of sp³-hybridized carbons (Fsp3) is 0.400. The minimum atomic E-state index is -4.74. The number of benzene rings is 2. The van der Waals surface area contributed by atoms with Crippen molar-refractivity contribution in [1.29, 1.82) is 0 Å². The van der Waals surface area contributed by atoms with Gasteiger partial charge >= 0.3 is 6.18 Å². The Morgan fingerprint density at radius 1 is 1.03 bits per heavy atom. The van der Waals surface area contributed by atoms with Gasteiger partial charge in [-0.3, -0.25) is 9.69 Å². The molecule has 2 aromatic carbocycles. The van der Waals surface area contributed by atoms with E-state index < -0.39 is 35.1 Å². The quantitative estimate of drug-likeness (QED) is 0.489. The molecule has 0 amide bonds. The maximum atomic E-state index is 14.6. The molecule has 4 rings (SSSR count). The largest absolute Gasteiger partial charge is 0.417 e. The summed E-state index contributed by atoms with van der Waals surface area (Å²) < 4.78 is 58.8. The van der Waals surface area contributed by atoms with E-state index in [4.69, 9.17) is 0 Å². The van der Waals surface area contributed by atoms with E-state index >= 15 is 0 Å². The first-order valence-corrected chi connectivity index (χ1v) is 10.8. The second-order valence-electron chi connectivity index (χ2n) is 8.63. The van der Waals surface area contributed by atoms with Crippen LogP contribution in [0, 0.1) is 12.7 Å². The first kappa shape index (κ1) is 22.5. The zero-order chi connectivity index (χ0) is 23.0. The summed E-state index contributed by atoms with van der Waals surface area (Å²) in [6, 6.07) is 9.48. The number of halogens is 4. The first-order chi connectivity index (χ1) is 15.2. The number of alkyl halides is 3. The van der Waals surface area contributed by atoms with Crippen molar-refractivity contribution in [2.75, 3.05) is 13.1 Å². The molecule has 1 fully saturated rings. The smallest absolute Gasteiger partial charge is 0.311 e. The van der Waals surface area contributed by atoms with Crippen LogP contribution < -0.4 is 5.56 Å². The summed E-state index contributed by atoms with van der Waals surface area (Å²) in [5, 5.41) is -0.0165. The molecule has 0 unspecified atom stereocenters. The highest BCUT2D eigenvalue weighted by atomic mass is 19.4. The maximum Gasteiger partial charge on any atom is 0.417 e. The number of aromatic nitrogens is 1. The Kier molecular flexibility index (Phi) is 6.12. The normalized spacial score (nSPS) is 15.4. The van der Waals surface area contributed by atoms with Gasteiger partial charge in [0.2, 0.25) is 0 Å². The molecule has 1 saturated heterocycles. The van der Waals surface area contributed by atoms with Crippen LogP contribution in [0.1, 0.15) is 47.1 Å². The number of pyridine rings is 1. The van der Waals surface area contributed by atoms with E-state index in [2.05, 4.69) is 4.90 Å². The summed E-state index contributed by atoms with van der Waals surface area (Å²) in [5.74, 6) is -0.582. The average molecular weight is 446 g/mol. The SMILES string of the molecule is Cc1cccc(Cc2c(C(F)(F)F)c3cc(CN4CCCCC4)ccc3n(C)c2=O)c1F. The van der Waals surface area contributed by atoms with Gasteiger partial charge in [-0.2, -0.15) is 13.2 Å². The third-order valence-corrected chi connectivity index (χ3v) is 6.33. The van der Waals surface area contributed by atoms with Crippen LogP contribution >= 0.6 is 0 Å².